The molecule has 0 amide bonds. The van der Waals surface area contributed by atoms with Gasteiger partial charge in [0.05, 0.1) is 0 Å². The first kappa shape index (κ1) is 10.6. The van der Waals surface area contributed by atoms with Crippen LogP contribution in [0.25, 0.3) is 10.9 Å². The molecule has 0 atom stereocenters. The maximum Gasteiger partial charge on any atom is 0.0495 e. The molecule has 2 aromatic rings. The molecule has 2 rings (SSSR count). The van der Waals surface area contributed by atoms with E-state index < -0.39 is 0 Å². The minimum atomic E-state index is 0.804. The lowest BCUT2D eigenvalue weighted by Crippen LogP contribution is -1.95. The zero-order valence-corrected chi connectivity index (χ0v) is 10.9. The molecule has 0 fully saturated rings. The molecule has 3 heteroatoms. The largest absolute Gasteiger partial charge is 0.398 e. The molecule has 0 radical (unpaired) electrons. The minimum Gasteiger partial charge on any atom is -0.398 e. The highest BCUT2D eigenvalue weighted by Crippen LogP contribution is 2.31. The number of halogens is 1. The first-order valence-electron chi connectivity index (χ1n) is 5.09. The van der Waals surface area contributed by atoms with Gasteiger partial charge < -0.3 is 10.3 Å². The average molecular weight is 267 g/mol. The SMILES string of the molecule is CCc1c(C)c2cc(N)c(Br)cc2n1C. The van der Waals surface area contributed by atoms with Gasteiger partial charge in [0.15, 0.2) is 0 Å². The lowest BCUT2D eigenvalue weighted by Gasteiger charge is -2.02. The van der Waals surface area contributed by atoms with Gasteiger partial charge in [-0.25, -0.2) is 0 Å². The van der Waals surface area contributed by atoms with Gasteiger partial charge in [-0.1, -0.05) is 6.92 Å². The highest BCUT2D eigenvalue weighted by molar-refractivity contribution is 9.10. The third-order valence-corrected chi connectivity index (χ3v) is 3.74. The van der Waals surface area contributed by atoms with Crippen molar-refractivity contribution in [2.45, 2.75) is 20.3 Å². The average Bonchev–Trinajstić information content (AvgIpc) is 2.42. The number of anilines is 1. The Hall–Kier alpha value is -0.960. The number of nitrogens with zero attached hydrogens (tertiary/aromatic N) is 1. The van der Waals surface area contributed by atoms with E-state index in [0.29, 0.717) is 0 Å². The fourth-order valence-corrected chi connectivity index (χ4v) is 2.54. The Morgan fingerprint density at radius 2 is 2.07 bits per heavy atom. The standard InChI is InChI=1S/C12H15BrN2/c1-4-11-7(2)8-5-10(14)9(13)6-12(8)15(11)3/h5-6H,4,14H2,1-3H3. The molecule has 15 heavy (non-hydrogen) atoms. The maximum atomic E-state index is 5.90. The van der Waals surface area contributed by atoms with Crippen LogP contribution in [0.4, 0.5) is 5.69 Å². The molecule has 0 spiro atoms. The number of hydrogen-bond acceptors (Lipinski definition) is 1. The van der Waals surface area contributed by atoms with Gasteiger partial charge in [-0.2, -0.15) is 0 Å². The van der Waals surface area contributed by atoms with Crippen LogP contribution in [0.15, 0.2) is 16.6 Å². The highest BCUT2D eigenvalue weighted by atomic mass is 79.9. The van der Waals surface area contributed by atoms with Crippen LogP contribution in [-0.4, -0.2) is 4.57 Å². The van der Waals surface area contributed by atoms with Crippen molar-refractivity contribution in [2.24, 2.45) is 7.05 Å². The molecule has 0 aliphatic heterocycles. The Kier molecular flexibility index (Phi) is 2.51. The van der Waals surface area contributed by atoms with Crippen LogP contribution in [0.3, 0.4) is 0 Å². The number of hydrogen-bond donors (Lipinski definition) is 1. The Labute approximate surface area is 98.2 Å². The predicted octanol–water partition coefficient (Wildman–Crippen LogP) is 3.39. The van der Waals surface area contributed by atoms with Crippen molar-refractivity contribution in [3.05, 3.63) is 27.9 Å². The minimum absolute atomic E-state index is 0.804. The second-order valence-electron chi connectivity index (χ2n) is 3.88. The Bertz CT molecular complexity index is 481. The van der Waals surface area contributed by atoms with E-state index in [1.807, 2.05) is 6.07 Å². The van der Waals surface area contributed by atoms with E-state index in [2.05, 4.69) is 47.5 Å². The topological polar surface area (TPSA) is 30.9 Å². The summed E-state index contributed by atoms with van der Waals surface area (Å²) in [4.78, 5) is 0. The predicted molar refractivity (Wildman–Crippen MR) is 69.1 cm³/mol. The maximum absolute atomic E-state index is 5.90. The van der Waals surface area contributed by atoms with E-state index in [-0.39, 0.29) is 0 Å². The van der Waals surface area contributed by atoms with Gasteiger partial charge in [0.1, 0.15) is 0 Å². The molecule has 80 valence electrons. The first-order chi connectivity index (χ1) is 7.06. The van der Waals surface area contributed by atoms with Gasteiger partial charge in [0.25, 0.3) is 0 Å². The Morgan fingerprint density at radius 3 is 2.67 bits per heavy atom. The third kappa shape index (κ3) is 1.46. The number of nitrogens with two attached hydrogens (primary N) is 1. The Morgan fingerprint density at radius 1 is 1.40 bits per heavy atom. The third-order valence-electron chi connectivity index (χ3n) is 3.05. The van der Waals surface area contributed by atoms with E-state index in [0.717, 1.165) is 16.6 Å². The fraction of sp³-hybridized carbons (Fsp3) is 0.333. The van der Waals surface area contributed by atoms with Crippen LogP contribution in [-0.2, 0) is 13.5 Å². The van der Waals surface area contributed by atoms with Crippen molar-refractivity contribution in [3.8, 4) is 0 Å². The summed E-state index contributed by atoms with van der Waals surface area (Å²) in [5.74, 6) is 0. The lowest BCUT2D eigenvalue weighted by atomic mass is 10.1. The first-order valence-corrected chi connectivity index (χ1v) is 5.88. The van der Waals surface area contributed by atoms with Crippen LogP contribution in [0.2, 0.25) is 0 Å². The van der Waals surface area contributed by atoms with Crippen molar-refractivity contribution in [1.82, 2.24) is 4.57 Å². The molecule has 0 aliphatic carbocycles. The smallest absolute Gasteiger partial charge is 0.0495 e. The molecule has 2 N–H and O–H groups in total. The molecule has 0 aliphatic rings. The van der Waals surface area contributed by atoms with Crippen molar-refractivity contribution in [2.75, 3.05) is 5.73 Å². The van der Waals surface area contributed by atoms with Crippen molar-refractivity contribution in [1.29, 1.82) is 0 Å². The normalized spacial score (nSPS) is 11.2. The fourth-order valence-electron chi connectivity index (χ4n) is 2.21. The van der Waals surface area contributed by atoms with Crippen LogP contribution in [0.5, 0.6) is 0 Å². The summed E-state index contributed by atoms with van der Waals surface area (Å²) < 4.78 is 3.22. The Balaban J connectivity index is 2.90. The monoisotopic (exact) mass is 266 g/mol. The van der Waals surface area contributed by atoms with E-state index in [1.54, 1.807) is 0 Å². The molecule has 0 bridgehead atoms. The molecule has 2 nitrogen and oxygen atoms in total. The van der Waals surface area contributed by atoms with Gasteiger partial charge in [-0.3, -0.25) is 0 Å². The quantitative estimate of drug-likeness (QED) is 0.789. The highest BCUT2D eigenvalue weighted by Gasteiger charge is 2.11. The van der Waals surface area contributed by atoms with Gasteiger partial charge in [0.2, 0.25) is 0 Å². The number of rotatable bonds is 1. The summed E-state index contributed by atoms with van der Waals surface area (Å²) in [5, 5.41) is 1.26. The summed E-state index contributed by atoms with van der Waals surface area (Å²) >= 11 is 3.47. The van der Waals surface area contributed by atoms with Crippen molar-refractivity contribution in [3.63, 3.8) is 0 Å². The summed E-state index contributed by atoms with van der Waals surface area (Å²) in [6, 6.07) is 4.14. The molecular formula is C12H15BrN2. The van der Waals surface area contributed by atoms with Crippen LogP contribution in [0, 0.1) is 6.92 Å². The number of benzene rings is 1. The van der Waals surface area contributed by atoms with E-state index in [4.69, 9.17) is 5.73 Å². The van der Waals surface area contributed by atoms with Crippen LogP contribution >= 0.6 is 15.9 Å². The van der Waals surface area contributed by atoms with Gasteiger partial charge in [0, 0.05) is 33.8 Å². The summed E-state index contributed by atoms with van der Waals surface area (Å²) in [5.41, 5.74) is 10.7. The molecule has 0 unspecified atom stereocenters. The van der Waals surface area contributed by atoms with Gasteiger partial charge in [-0.15, -0.1) is 0 Å². The molecule has 1 aromatic heterocycles. The molecular weight excluding hydrogens is 252 g/mol. The zero-order valence-electron chi connectivity index (χ0n) is 9.26. The summed E-state index contributed by atoms with van der Waals surface area (Å²) in [7, 11) is 2.11. The zero-order chi connectivity index (χ0) is 11.2. The molecule has 1 aromatic carbocycles. The van der Waals surface area contributed by atoms with Crippen LogP contribution < -0.4 is 5.73 Å². The number of aromatic nitrogens is 1. The number of fused-ring (bicyclic) bond motifs is 1. The van der Waals surface area contributed by atoms with E-state index in [9.17, 15) is 0 Å². The second kappa shape index (κ2) is 3.56. The van der Waals surface area contributed by atoms with E-state index in [1.165, 1.54) is 22.2 Å². The van der Waals surface area contributed by atoms with E-state index >= 15 is 0 Å². The lowest BCUT2D eigenvalue weighted by molar-refractivity contribution is 0.857. The van der Waals surface area contributed by atoms with Gasteiger partial charge in [-0.05, 0) is 47.0 Å². The number of aryl methyl sites for hydroxylation is 2. The summed E-state index contributed by atoms with van der Waals surface area (Å²) in [6.45, 7) is 4.34. The molecule has 0 saturated heterocycles. The van der Waals surface area contributed by atoms with Crippen LogP contribution in [0.1, 0.15) is 18.2 Å². The van der Waals surface area contributed by atoms with Crippen molar-refractivity contribution < 1.29 is 0 Å². The summed E-state index contributed by atoms with van der Waals surface area (Å²) in [6.07, 6.45) is 1.05. The number of nitrogen functional groups attached to an aromatic ring is 1. The second-order valence-corrected chi connectivity index (χ2v) is 4.73. The molecule has 1 heterocycles. The van der Waals surface area contributed by atoms with Crippen molar-refractivity contribution >= 4 is 32.5 Å². The van der Waals surface area contributed by atoms with Gasteiger partial charge >= 0.3 is 0 Å². The molecule has 0 saturated carbocycles.